The molecule has 0 heterocycles. The number of halogens is 1. The monoisotopic (exact) mass is 260 g/mol. The molecule has 11 heteroatoms. The Morgan fingerprint density at radius 3 is 1.87 bits per heavy atom. The molecule has 0 saturated carbocycles. The number of hydrogen-bond acceptors (Lipinski definition) is 5. The molecule has 0 spiro atoms. The van der Waals surface area contributed by atoms with Crippen LogP contribution in [-0.2, 0) is 13.8 Å². The molecule has 0 unspecified atom stereocenters. The zero-order valence-corrected chi connectivity index (χ0v) is 9.09. The van der Waals surface area contributed by atoms with Gasteiger partial charge in [0.25, 0.3) is 0 Å². The second-order valence-electron chi connectivity index (χ2n) is 2.14. The number of rotatable bonds is 6. The minimum absolute atomic E-state index is 0.0852. The van der Waals surface area contributed by atoms with E-state index in [4.69, 9.17) is 11.6 Å². The Balaban J connectivity index is 4.24. The van der Waals surface area contributed by atoms with Gasteiger partial charge in [-0.15, -0.1) is 11.6 Å². The maximum atomic E-state index is 11.6. The molecule has 0 aliphatic carbocycles. The lowest BCUT2D eigenvalue weighted by Crippen LogP contribution is -2.33. The summed E-state index contributed by atoms with van der Waals surface area (Å²) in [6, 6.07) is -2.15. The molecular weight excluding hydrogens is 250 g/mol. The number of hydroxylamine groups is 2. The highest BCUT2D eigenvalue weighted by atomic mass is 35.5. The van der Waals surface area contributed by atoms with Crippen LogP contribution in [0.5, 0.6) is 0 Å². The fourth-order valence-electron chi connectivity index (χ4n) is 0.442. The molecule has 0 aromatic carbocycles. The number of carbonyl (C=O) groups excluding carboxylic acids is 2. The van der Waals surface area contributed by atoms with Crippen molar-refractivity contribution in [3.8, 4) is 0 Å². The molecule has 0 radical (unpaired) electrons. The highest BCUT2D eigenvalue weighted by Gasteiger charge is 2.26. The molecule has 0 aliphatic heterocycles. The molecule has 88 valence electrons. The molecule has 0 saturated heterocycles. The summed E-state index contributed by atoms with van der Waals surface area (Å²) in [5, 5.41) is 0. The van der Waals surface area contributed by atoms with Crippen LogP contribution in [0.25, 0.3) is 0 Å². The number of carbonyl (C=O) groups is 2. The summed E-state index contributed by atoms with van der Waals surface area (Å²) in [6.07, 6.45) is -0.255. The highest BCUT2D eigenvalue weighted by molar-refractivity contribution is 7.53. The predicted molar refractivity (Wildman–Crippen MR) is 50.8 cm³/mol. The van der Waals surface area contributed by atoms with Crippen LogP contribution in [0.15, 0.2) is 0 Å². The van der Waals surface area contributed by atoms with E-state index >= 15 is 0 Å². The number of nitrogens with two attached hydrogens (primary N) is 2. The van der Waals surface area contributed by atoms with Gasteiger partial charge in [-0.25, -0.2) is 20.5 Å². The van der Waals surface area contributed by atoms with Crippen molar-refractivity contribution in [2.24, 2.45) is 11.5 Å². The first-order valence-electron chi connectivity index (χ1n) is 3.53. The Bertz CT molecular complexity index is 264. The number of nitrogens with one attached hydrogen (secondary N) is 2. The van der Waals surface area contributed by atoms with Gasteiger partial charge in [0.15, 0.2) is 0 Å². The first-order chi connectivity index (χ1) is 6.89. The van der Waals surface area contributed by atoms with Crippen molar-refractivity contribution in [1.82, 2.24) is 11.0 Å². The largest absolute Gasteiger partial charge is 0.374 e. The number of hydrogen-bond donors (Lipinski definition) is 4. The van der Waals surface area contributed by atoms with Gasteiger partial charge in [-0.1, -0.05) is 0 Å². The molecule has 0 aliphatic rings. The van der Waals surface area contributed by atoms with Crippen molar-refractivity contribution in [1.29, 1.82) is 0 Å². The van der Waals surface area contributed by atoms with E-state index in [1.54, 1.807) is 11.0 Å². The lowest BCUT2D eigenvalue weighted by atomic mass is 11.0. The van der Waals surface area contributed by atoms with E-state index in [1.165, 1.54) is 0 Å². The smallest absolute Gasteiger partial charge is 0.350 e. The fourth-order valence-corrected chi connectivity index (χ4v) is 1.95. The lowest BCUT2D eigenvalue weighted by molar-refractivity contribution is 0.119. The van der Waals surface area contributed by atoms with Crippen LogP contribution >= 0.6 is 19.2 Å². The molecule has 9 nitrogen and oxygen atoms in total. The van der Waals surface area contributed by atoms with E-state index in [2.05, 4.69) is 20.7 Å². The van der Waals surface area contributed by atoms with Gasteiger partial charge in [0.05, 0.1) is 6.16 Å². The van der Waals surface area contributed by atoms with Gasteiger partial charge in [0.1, 0.15) is 0 Å². The van der Waals surface area contributed by atoms with E-state index < -0.39 is 19.7 Å². The van der Waals surface area contributed by atoms with E-state index in [1.807, 2.05) is 0 Å². The van der Waals surface area contributed by atoms with Gasteiger partial charge in [-0.05, 0) is 0 Å². The Hall–Kier alpha value is -1.02. The lowest BCUT2D eigenvalue weighted by Gasteiger charge is -2.15. The SMILES string of the molecule is NC(=O)NOP(=O)(CCCl)ONC(N)=O. The topological polar surface area (TPSA) is 146 Å². The van der Waals surface area contributed by atoms with Crippen LogP contribution in [0, 0.1) is 0 Å². The average Bonchev–Trinajstić information content (AvgIpc) is 2.13. The zero-order chi connectivity index (χ0) is 11.9. The number of urea groups is 2. The zero-order valence-electron chi connectivity index (χ0n) is 7.44. The molecule has 15 heavy (non-hydrogen) atoms. The van der Waals surface area contributed by atoms with Crippen LogP contribution in [0.2, 0.25) is 0 Å². The Kier molecular flexibility index (Phi) is 6.02. The van der Waals surface area contributed by atoms with Crippen molar-refractivity contribution < 1.29 is 23.4 Å². The van der Waals surface area contributed by atoms with Crippen molar-refractivity contribution in [3.05, 3.63) is 0 Å². The summed E-state index contributed by atoms with van der Waals surface area (Å²) in [5.41, 5.74) is 12.5. The molecule has 0 aromatic rings. The van der Waals surface area contributed by atoms with Crippen molar-refractivity contribution in [2.75, 3.05) is 12.0 Å². The molecular formula is C4H10ClN4O5P. The quantitative estimate of drug-likeness (QED) is 0.292. The summed E-state index contributed by atoms with van der Waals surface area (Å²) < 4.78 is 20.2. The normalized spacial score (nSPS) is 10.7. The first kappa shape index (κ1) is 14.0. The number of alkyl halides is 1. The maximum absolute atomic E-state index is 11.6. The van der Waals surface area contributed by atoms with Crippen molar-refractivity contribution >= 4 is 31.3 Å². The third-order valence-corrected chi connectivity index (χ3v) is 2.89. The third-order valence-electron chi connectivity index (χ3n) is 0.929. The summed E-state index contributed by atoms with van der Waals surface area (Å²) in [6.45, 7) is 0. The highest BCUT2D eigenvalue weighted by Crippen LogP contribution is 2.45. The van der Waals surface area contributed by atoms with E-state index in [0.717, 1.165) is 0 Å². The number of primary amides is 2. The van der Waals surface area contributed by atoms with Crippen LogP contribution in [0.3, 0.4) is 0 Å². The van der Waals surface area contributed by atoms with E-state index in [-0.39, 0.29) is 12.0 Å². The molecule has 0 atom stereocenters. The van der Waals surface area contributed by atoms with Crippen molar-refractivity contribution in [2.45, 2.75) is 0 Å². The van der Waals surface area contributed by atoms with E-state index in [9.17, 15) is 14.2 Å². The summed E-state index contributed by atoms with van der Waals surface area (Å²) in [5.74, 6) is -0.0852. The minimum Gasteiger partial charge on any atom is -0.350 e. The Morgan fingerprint density at radius 1 is 1.20 bits per heavy atom. The second-order valence-corrected chi connectivity index (χ2v) is 4.55. The molecule has 4 amide bonds. The molecule has 0 bridgehead atoms. The maximum Gasteiger partial charge on any atom is 0.374 e. The fraction of sp³-hybridized carbons (Fsp3) is 0.500. The van der Waals surface area contributed by atoms with Crippen LogP contribution in [-0.4, -0.2) is 24.1 Å². The Labute approximate surface area is 89.8 Å². The standard InChI is InChI=1S/C4H10ClN4O5P/c5-1-2-15(12,13-8-3(6)10)14-9-4(7)11/h1-2H2,(H3,6,8,10)(H3,7,9,11). The molecule has 6 N–H and O–H groups in total. The first-order valence-corrected chi connectivity index (χ1v) is 5.79. The van der Waals surface area contributed by atoms with Crippen LogP contribution in [0.1, 0.15) is 0 Å². The predicted octanol–water partition coefficient (Wildman–Crippen LogP) is -0.382. The van der Waals surface area contributed by atoms with Gasteiger partial charge in [0, 0.05) is 5.88 Å². The number of amides is 4. The van der Waals surface area contributed by atoms with Gasteiger partial charge in [-0.3, -0.25) is 4.57 Å². The Morgan fingerprint density at radius 2 is 1.60 bits per heavy atom. The molecule has 0 rings (SSSR count). The summed E-state index contributed by atoms with van der Waals surface area (Å²) in [7, 11) is -3.78. The minimum atomic E-state index is -3.78. The third kappa shape index (κ3) is 6.97. The summed E-state index contributed by atoms with van der Waals surface area (Å²) in [4.78, 5) is 20.5. The van der Waals surface area contributed by atoms with Crippen LogP contribution < -0.4 is 22.4 Å². The average molecular weight is 261 g/mol. The molecule has 0 aromatic heterocycles. The van der Waals surface area contributed by atoms with Gasteiger partial charge in [-0.2, -0.15) is 9.25 Å². The summed E-state index contributed by atoms with van der Waals surface area (Å²) >= 11 is 5.30. The van der Waals surface area contributed by atoms with Gasteiger partial charge >= 0.3 is 19.7 Å². The van der Waals surface area contributed by atoms with Gasteiger partial charge < -0.3 is 11.5 Å². The van der Waals surface area contributed by atoms with Crippen LogP contribution in [0.4, 0.5) is 9.59 Å². The second kappa shape index (κ2) is 6.46. The molecule has 0 fully saturated rings. The van der Waals surface area contributed by atoms with Gasteiger partial charge in [0.2, 0.25) is 0 Å². The van der Waals surface area contributed by atoms with Crippen molar-refractivity contribution in [3.63, 3.8) is 0 Å². The van der Waals surface area contributed by atoms with E-state index in [0.29, 0.717) is 0 Å².